The minimum atomic E-state index is -0.0392. The van der Waals surface area contributed by atoms with Crippen LogP contribution < -0.4 is 10.3 Å². The molecule has 3 aromatic heterocycles. The highest BCUT2D eigenvalue weighted by Gasteiger charge is 2.17. The third-order valence-electron chi connectivity index (χ3n) is 4.85. The van der Waals surface area contributed by atoms with Gasteiger partial charge in [-0.05, 0) is 49.7 Å². The normalized spacial score (nSPS) is 10.9. The minimum absolute atomic E-state index is 0.0392. The van der Waals surface area contributed by atoms with Gasteiger partial charge >= 0.3 is 0 Å². The molecule has 6 nitrogen and oxygen atoms in total. The van der Waals surface area contributed by atoms with Gasteiger partial charge in [0.1, 0.15) is 10.6 Å². The number of hydrogen-bond donors (Lipinski definition) is 0. The molecule has 0 aliphatic rings. The molecule has 1 aromatic carbocycles. The maximum Gasteiger partial charge on any atom is 0.263 e. The Morgan fingerprint density at radius 3 is 2.87 bits per heavy atom. The first-order valence-corrected chi connectivity index (χ1v) is 11.5. The monoisotopic (exact) mass is 448 g/mol. The molecule has 0 N–H and O–H groups in total. The van der Waals surface area contributed by atoms with Gasteiger partial charge in [-0.25, -0.2) is 4.98 Å². The van der Waals surface area contributed by atoms with Gasteiger partial charge < -0.3 is 4.74 Å². The van der Waals surface area contributed by atoms with Crippen LogP contribution in [0.3, 0.4) is 0 Å². The van der Waals surface area contributed by atoms with Crippen LogP contribution >= 0.6 is 23.1 Å². The Morgan fingerprint density at radius 1 is 1.23 bits per heavy atom. The largest absolute Gasteiger partial charge is 0.493 e. The Kier molecular flexibility index (Phi) is 6.35. The quantitative estimate of drug-likeness (QED) is 0.234. The number of aryl methyl sites for hydroxylation is 2. The summed E-state index contributed by atoms with van der Waals surface area (Å²) in [6.07, 6.45) is 1.72. The molecule has 3 heterocycles. The SMILES string of the molecule is Cc1sc2nc(SCCOc3cccc(C#N)c3)n(Cc3ccccn3)c(=O)c2c1C. The first-order chi connectivity index (χ1) is 15.1. The highest BCUT2D eigenvalue weighted by Crippen LogP contribution is 2.28. The van der Waals surface area contributed by atoms with E-state index in [1.807, 2.05) is 38.1 Å². The minimum Gasteiger partial charge on any atom is -0.493 e. The van der Waals surface area contributed by atoms with Crippen molar-refractivity contribution in [1.29, 1.82) is 5.26 Å². The van der Waals surface area contributed by atoms with E-state index in [4.69, 9.17) is 15.0 Å². The van der Waals surface area contributed by atoms with E-state index >= 15 is 0 Å². The molecule has 0 saturated carbocycles. The van der Waals surface area contributed by atoms with Gasteiger partial charge in [-0.3, -0.25) is 14.3 Å². The van der Waals surface area contributed by atoms with Crippen LogP contribution in [0.1, 0.15) is 21.7 Å². The van der Waals surface area contributed by atoms with E-state index in [0.717, 1.165) is 21.0 Å². The Morgan fingerprint density at radius 2 is 2.10 bits per heavy atom. The zero-order valence-electron chi connectivity index (χ0n) is 17.2. The number of hydrogen-bond acceptors (Lipinski definition) is 7. The van der Waals surface area contributed by atoms with Gasteiger partial charge in [-0.2, -0.15) is 5.26 Å². The van der Waals surface area contributed by atoms with Crippen LogP contribution in [0, 0.1) is 25.2 Å². The maximum absolute atomic E-state index is 13.3. The summed E-state index contributed by atoms with van der Waals surface area (Å²) in [5.41, 5.74) is 2.32. The summed E-state index contributed by atoms with van der Waals surface area (Å²) in [4.78, 5) is 24.4. The van der Waals surface area contributed by atoms with E-state index in [-0.39, 0.29) is 5.56 Å². The van der Waals surface area contributed by atoms with Crippen LogP contribution in [0.15, 0.2) is 58.6 Å². The molecular weight excluding hydrogens is 428 g/mol. The molecule has 156 valence electrons. The summed E-state index contributed by atoms with van der Waals surface area (Å²) < 4.78 is 7.47. The van der Waals surface area contributed by atoms with Gasteiger partial charge in [-0.15, -0.1) is 11.3 Å². The van der Waals surface area contributed by atoms with Crippen molar-refractivity contribution in [3.8, 4) is 11.8 Å². The number of thioether (sulfide) groups is 1. The summed E-state index contributed by atoms with van der Waals surface area (Å²) in [5, 5.41) is 10.4. The molecule has 0 amide bonds. The molecule has 0 aliphatic heterocycles. The van der Waals surface area contributed by atoms with Gasteiger partial charge in [0.2, 0.25) is 0 Å². The van der Waals surface area contributed by atoms with Crippen LogP contribution in [-0.2, 0) is 6.54 Å². The molecule has 0 spiro atoms. The van der Waals surface area contributed by atoms with Crippen LogP contribution in [0.2, 0.25) is 0 Å². The lowest BCUT2D eigenvalue weighted by atomic mass is 10.2. The second kappa shape index (κ2) is 9.33. The second-order valence-corrected chi connectivity index (χ2v) is 9.17. The third-order valence-corrected chi connectivity index (χ3v) is 6.89. The second-order valence-electron chi connectivity index (χ2n) is 6.91. The van der Waals surface area contributed by atoms with Crippen molar-refractivity contribution in [1.82, 2.24) is 14.5 Å². The van der Waals surface area contributed by atoms with E-state index in [9.17, 15) is 4.79 Å². The lowest BCUT2D eigenvalue weighted by molar-refractivity contribution is 0.343. The van der Waals surface area contributed by atoms with E-state index in [0.29, 0.717) is 40.8 Å². The summed E-state index contributed by atoms with van der Waals surface area (Å²) in [7, 11) is 0. The van der Waals surface area contributed by atoms with Crippen LogP contribution in [-0.4, -0.2) is 26.9 Å². The molecule has 0 saturated heterocycles. The van der Waals surface area contributed by atoms with E-state index in [2.05, 4.69) is 11.1 Å². The molecule has 4 rings (SSSR count). The molecular formula is C23H20N4O2S2. The molecule has 0 atom stereocenters. The first kappa shape index (κ1) is 21.1. The first-order valence-electron chi connectivity index (χ1n) is 9.73. The fourth-order valence-corrected chi connectivity index (χ4v) is 5.05. The number of nitrogens with zero attached hydrogens (tertiary/aromatic N) is 4. The number of pyridine rings is 1. The number of benzene rings is 1. The molecule has 0 unspecified atom stereocenters. The van der Waals surface area contributed by atoms with Gasteiger partial charge in [0.05, 0.1) is 35.9 Å². The Bertz CT molecular complexity index is 1320. The standard InChI is InChI=1S/C23H20N4O2S2/c1-15-16(2)31-21-20(15)22(28)27(14-18-7-3-4-9-25-18)23(26-21)30-11-10-29-19-8-5-6-17(12-19)13-24/h3-9,12H,10-11,14H2,1-2H3. The lowest BCUT2D eigenvalue weighted by Gasteiger charge is -2.12. The zero-order chi connectivity index (χ0) is 21.8. The number of ether oxygens (including phenoxy) is 1. The lowest BCUT2D eigenvalue weighted by Crippen LogP contribution is -2.24. The number of thiophene rings is 1. The topological polar surface area (TPSA) is 80.8 Å². The number of fused-ring (bicyclic) bond motifs is 1. The van der Waals surface area contributed by atoms with E-state index < -0.39 is 0 Å². The van der Waals surface area contributed by atoms with Crippen molar-refractivity contribution in [2.24, 2.45) is 0 Å². The summed E-state index contributed by atoms with van der Waals surface area (Å²) >= 11 is 3.03. The molecule has 0 bridgehead atoms. The average molecular weight is 449 g/mol. The summed E-state index contributed by atoms with van der Waals surface area (Å²) in [6.45, 7) is 4.78. The third kappa shape index (κ3) is 4.63. The maximum atomic E-state index is 13.3. The average Bonchev–Trinajstić information content (AvgIpc) is 3.08. The Hall–Kier alpha value is -3.15. The Labute approximate surface area is 188 Å². The van der Waals surface area contributed by atoms with Crippen LogP contribution in [0.25, 0.3) is 10.2 Å². The van der Waals surface area contributed by atoms with E-state index in [1.54, 1.807) is 40.3 Å². The molecule has 4 aromatic rings. The summed E-state index contributed by atoms with van der Waals surface area (Å²) in [6, 6.07) is 14.8. The highest BCUT2D eigenvalue weighted by atomic mass is 32.2. The number of rotatable bonds is 7. The predicted molar refractivity (Wildman–Crippen MR) is 124 cm³/mol. The van der Waals surface area contributed by atoms with Crippen molar-refractivity contribution < 1.29 is 4.74 Å². The van der Waals surface area contributed by atoms with Crippen molar-refractivity contribution >= 4 is 33.3 Å². The van der Waals surface area contributed by atoms with Crippen molar-refractivity contribution in [2.75, 3.05) is 12.4 Å². The van der Waals surface area contributed by atoms with Gasteiger partial charge in [0.25, 0.3) is 5.56 Å². The van der Waals surface area contributed by atoms with Crippen molar-refractivity contribution in [2.45, 2.75) is 25.5 Å². The van der Waals surface area contributed by atoms with Gasteiger partial charge in [0.15, 0.2) is 5.16 Å². The Balaban J connectivity index is 1.58. The van der Waals surface area contributed by atoms with Crippen molar-refractivity contribution in [3.63, 3.8) is 0 Å². The highest BCUT2D eigenvalue weighted by molar-refractivity contribution is 7.99. The van der Waals surface area contributed by atoms with Gasteiger partial charge in [-0.1, -0.05) is 23.9 Å². The molecule has 8 heteroatoms. The molecule has 0 aliphatic carbocycles. The molecule has 31 heavy (non-hydrogen) atoms. The van der Waals surface area contributed by atoms with E-state index in [1.165, 1.54) is 11.8 Å². The molecule has 0 fully saturated rings. The van der Waals surface area contributed by atoms with Gasteiger partial charge in [0, 0.05) is 16.8 Å². The fourth-order valence-electron chi connectivity index (χ4n) is 3.16. The summed E-state index contributed by atoms with van der Waals surface area (Å²) in [5.74, 6) is 1.26. The zero-order valence-corrected chi connectivity index (χ0v) is 18.8. The fraction of sp³-hybridized carbons (Fsp3) is 0.217. The predicted octanol–water partition coefficient (Wildman–Crippen LogP) is 4.56. The number of nitriles is 1. The smallest absolute Gasteiger partial charge is 0.263 e. The molecule has 0 radical (unpaired) electrons. The van der Waals surface area contributed by atoms with Crippen LogP contribution in [0.5, 0.6) is 5.75 Å². The van der Waals surface area contributed by atoms with Crippen molar-refractivity contribution in [3.05, 3.63) is 80.7 Å². The number of aromatic nitrogens is 3. The van der Waals surface area contributed by atoms with Crippen LogP contribution in [0.4, 0.5) is 0 Å².